The molecule has 1 aromatic heterocycles. The molecule has 0 radical (unpaired) electrons. The minimum atomic E-state index is -0.817. The number of primary amides is 1. The van der Waals surface area contributed by atoms with Crippen molar-refractivity contribution < 1.29 is 4.79 Å². The molecule has 3 aromatic rings. The van der Waals surface area contributed by atoms with Gasteiger partial charge in [-0.15, -0.1) is 0 Å². The maximum absolute atomic E-state index is 12.3. The highest BCUT2D eigenvalue weighted by Gasteiger charge is 2.19. The third-order valence-electron chi connectivity index (χ3n) is 3.79. The Hall–Kier alpha value is -3.08. The average Bonchev–Trinajstić information content (AvgIpc) is 2.52. The van der Waals surface area contributed by atoms with Crippen LogP contribution in [0.25, 0.3) is 22.0 Å². The Balaban J connectivity index is 2.52. The van der Waals surface area contributed by atoms with Crippen molar-refractivity contribution in [2.75, 3.05) is 5.73 Å². The van der Waals surface area contributed by atoms with E-state index in [4.69, 9.17) is 11.5 Å². The van der Waals surface area contributed by atoms with Gasteiger partial charge in [0.2, 0.25) is 0 Å². The molecule has 22 heavy (non-hydrogen) atoms. The number of hydrogen-bond acceptors (Lipinski definition) is 3. The number of aromatic nitrogens is 1. The molecule has 0 aliphatic carbocycles. The van der Waals surface area contributed by atoms with Gasteiger partial charge in [-0.1, -0.05) is 42.5 Å². The lowest BCUT2D eigenvalue weighted by atomic mass is 9.97. The standard InChI is InChI=1S/C17H15N3O2/c1-20-12-9-5-8-11(10-6-3-2-4-7-10)13(12)15(18)14(16(19)21)17(20)22/h2-9H,18H2,1H3,(H2,19,21). The molecule has 0 atom stereocenters. The first-order valence-corrected chi connectivity index (χ1v) is 6.78. The van der Waals surface area contributed by atoms with E-state index in [1.165, 1.54) is 4.57 Å². The average molecular weight is 293 g/mol. The summed E-state index contributed by atoms with van der Waals surface area (Å²) < 4.78 is 1.40. The molecule has 2 aromatic carbocycles. The highest BCUT2D eigenvalue weighted by molar-refractivity contribution is 6.10. The first kappa shape index (κ1) is 13.9. The predicted octanol–water partition coefficient (Wildman–Crippen LogP) is 1.89. The number of carbonyl (C=O) groups excluding carboxylic acids is 1. The van der Waals surface area contributed by atoms with E-state index in [0.29, 0.717) is 10.9 Å². The monoisotopic (exact) mass is 293 g/mol. The molecule has 1 amide bonds. The van der Waals surface area contributed by atoms with Crippen LogP contribution in [0.4, 0.5) is 5.69 Å². The number of fused-ring (bicyclic) bond motifs is 1. The Kier molecular flexibility index (Phi) is 3.18. The summed E-state index contributed by atoms with van der Waals surface area (Å²) in [6.45, 7) is 0. The molecule has 110 valence electrons. The van der Waals surface area contributed by atoms with E-state index in [9.17, 15) is 9.59 Å². The van der Waals surface area contributed by atoms with Gasteiger partial charge in [-0.05, 0) is 17.2 Å². The Morgan fingerprint density at radius 3 is 2.36 bits per heavy atom. The maximum atomic E-state index is 12.3. The van der Waals surface area contributed by atoms with Crippen LogP contribution in [0.5, 0.6) is 0 Å². The van der Waals surface area contributed by atoms with E-state index in [-0.39, 0.29) is 11.3 Å². The van der Waals surface area contributed by atoms with Crippen molar-refractivity contribution in [1.29, 1.82) is 0 Å². The van der Waals surface area contributed by atoms with Gasteiger partial charge >= 0.3 is 0 Å². The Bertz CT molecular complexity index is 944. The third-order valence-corrected chi connectivity index (χ3v) is 3.79. The molecule has 0 aliphatic heterocycles. The van der Waals surface area contributed by atoms with Crippen molar-refractivity contribution in [3.8, 4) is 11.1 Å². The van der Waals surface area contributed by atoms with Crippen molar-refractivity contribution in [2.45, 2.75) is 0 Å². The summed E-state index contributed by atoms with van der Waals surface area (Å²) >= 11 is 0. The molecule has 0 unspecified atom stereocenters. The van der Waals surface area contributed by atoms with E-state index in [1.807, 2.05) is 42.5 Å². The number of rotatable bonds is 2. The number of pyridine rings is 1. The fourth-order valence-corrected chi connectivity index (χ4v) is 2.72. The SMILES string of the molecule is Cn1c(=O)c(C(N)=O)c(N)c2c(-c3ccccc3)cccc21. The molecule has 4 N–H and O–H groups in total. The molecular weight excluding hydrogens is 278 g/mol. The summed E-state index contributed by atoms with van der Waals surface area (Å²) in [6.07, 6.45) is 0. The molecule has 3 rings (SSSR count). The van der Waals surface area contributed by atoms with Crippen molar-refractivity contribution in [2.24, 2.45) is 12.8 Å². The smallest absolute Gasteiger partial charge is 0.265 e. The maximum Gasteiger partial charge on any atom is 0.265 e. The fraction of sp³-hybridized carbons (Fsp3) is 0.0588. The van der Waals surface area contributed by atoms with Crippen molar-refractivity contribution >= 4 is 22.5 Å². The Labute approximate surface area is 126 Å². The molecule has 0 saturated carbocycles. The highest BCUT2D eigenvalue weighted by Crippen LogP contribution is 2.32. The van der Waals surface area contributed by atoms with Crippen LogP contribution < -0.4 is 17.0 Å². The van der Waals surface area contributed by atoms with Crippen molar-refractivity contribution in [1.82, 2.24) is 4.57 Å². The fourth-order valence-electron chi connectivity index (χ4n) is 2.72. The minimum Gasteiger partial charge on any atom is -0.397 e. The molecule has 1 heterocycles. The summed E-state index contributed by atoms with van der Waals surface area (Å²) in [4.78, 5) is 23.9. The number of amides is 1. The van der Waals surface area contributed by atoms with Gasteiger partial charge in [0, 0.05) is 12.4 Å². The Morgan fingerprint density at radius 2 is 1.73 bits per heavy atom. The first-order chi connectivity index (χ1) is 10.5. The number of nitrogens with zero attached hydrogens (tertiary/aromatic N) is 1. The molecule has 0 spiro atoms. The summed E-state index contributed by atoms with van der Waals surface area (Å²) in [5, 5.41) is 0.657. The summed E-state index contributed by atoms with van der Waals surface area (Å²) in [6, 6.07) is 15.2. The van der Waals surface area contributed by atoms with Gasteiger partial charge in [0.05, 0.1) is 11.2 Å². The lowest BCUT2D eigenvalue weighted by Crippen LogP contribution is -2.30. The topological polar surface area (TPSA) is 91.1 Å². The van der Waals surface area contributed by atoms with Crippen LogP contribution in [0.2, 0.25) is 0 Å². The number of aryl methyl sites for hydroxylation is 1. The Morgan fingerprint density at radius 1 is 1.05 bits per heavy atom. The van der Waals surface area contributed by atoms with Crippen LogP contribution in [-0.4, -0.2) is 10.5 Å². The first-order valence-electron chi connectivity index (χ1n) is 6.78. The molecule has 5 nitrogen and oxygen atoms in total. The quantitative estimate of drug-likeness (QED) is 0.755. The van der Waals surface area contributed by atoms with Crippen LogP contribution >= 0.6 is 0 Å². The van der Waals surface area contributed by atoms with Gasteiger partial charge < -0.3 is 16.0 Å². The molecule has 5 heteroatoms. The van der Waals surface area contributed by atoms with Crippen LogP contribution in [0.15, 0.2) is 53.3 Å². The van der Waals surface area contributed by atoms with Crippen molar-refractivity contribution in [3.63, 3.8) is 0 Å². The number of nitrogen functional groups attached to an aromatic ring is 1. The number of nitrogens with two attached hydrogens (primary N) is 2. The van der Waals surface area contributed by atoms with E-state index >= 15 is 0 Å². The second kappa shape index (κ2) is 5.04. The molecule has 0 aliphatic rings. The number of anilines is 1. The lowest BCUT2D eigenvalue weighted by Gasteiger charge is -2.14. The van der Waals surface area contributed by atoms with Crippen LogP contribution in [0, 0.1) is 0 Å². The van der Waals surface area contributed by atoms with E-state index in [1.54, 1.807) is 13.1 Å². The van der Waals surface area contributed by atoms with Gasteiger partial charge in [0.1, 0.15) is 5.56 Å². The highest BCUT2D eigenvalue weighted by atomic mass is 16.2. The molecule has 0 bridgehead atoms. The summed E-state index contributed by atoms with van der Waals surface area (Å²) in [5.41, 5.74) is 13.4. The second-order valence-corrected chi connectivity index (χ2v) is 5.08. The predicted molar refractivity (Wildman–Crippen MR) is 87.6 cm³/mol. The zero-order chi connectivity index (χ0) is 15.9. The number of benzene rings is 2. The van der Waals surface area contributed by atoms with Crippen LogP contribution in [0.1, 0.15) is 10.4 Å². The molecule has 0 saturated heterocycles. The van der Waals surface area contributed by atoms with Gasteiger partial charge in [-0.3, -0.25) is 9.59 Å². The minimum absolute atomic E-state index is 0.130. The van der Waals surface area contributed by atoms with Gasteiger partial charge in [0.25, 0.3) is 11.5 Å². The summed E-state index contributed by atoms with van der Waals surface area (Å²) in [7, 11) is 1.60. The normalized spacial score (nSPS) is 10.8. The van der Waals surface area contributed by atoms with Gasteiger partial charge in [-0.2, -0.15) is 0 Å². The molecular formula is C17H15N3O2. The zero-order valence-electron chi connectivity index (χ0n) is 12.0. The summed E-state index contributed by atoms with van der Waals surface area (Å²) in [5.74, 6) is -0.817. The van der Waals surface area contributed by atoms with Gasteiger partial charge in [0.15, 0.2) is 0 Å². The number of carbonyl (C=O) groups is 1. The third kappa shape index (κ3) is 1.95. The van der Waals surface area contributed by atoms with Crippen LogP contribution in [-0.2, 0) is 7.05 Å². The molecule has 0 fully saturated rings. The van der Waals surface area contributed by atoms with E-state index in [2.05, 4.69) is 0 Å². The second-order valence-electron chi connectivity index (χ2n) is 5.08. The number of hydrogen-bond donors (Lipinski definition) is 2. The largest absolute Gasteiger partial charge is 0.397 e. The lowest BCUT2D eigenvalue weighted by molar-refractivity contribution is 0.0999. The van der Waals surface area contributed by atoms with Crippen LogP contribution in [0.3, 0.4) is 0 Å². The van der Waals surface area contributed by atoms with E-state index < -0.39 is 11.5 Å². The van der Waals surface area contributed by atoms with E-state index in [0.717, 1.165) is 11.1 Å². The zero-order valence-corrected chi connectivity index (χ0v) is 12.0. The van der Waals surface area contributed by atoms with Crippen molar-refractivity contribution in [3.05, 3.63) is 64.4 Å². The van der Waals surface area contributed by atoms with Gasteiger partial charge in [-0.25, -0.2) is 0 Å².